The fourth-order valence-corrected chi connectivity index (χ4v) is 1.72. The van der Waals surface area contributed by atoms with Gasteiger partial charge < -0.3 is 15.5 Å². The average molecular weight is 279 g/mol. The first-order valence-corrected chi connectivity index (χ1v) is 6.67. The summed E-state index contributed by atoms with van der Waals surface area (Å²) in [5, 5.41) is 6.21. The molecule has 0 spiro atoms. The summed E-state index contributed by atoms with van der Waals surface area (Å²) in [4.78, 5) is 13.0. The van der Waals surface area contributed by atoms with E-state index in [9.17, 15) is 4.79 Å². The van der Waals surface area contributed by atoms with Crippen LogP contribution in [0, 0.1) is 0 Å². The first-order valence-electron chi connectivity index (χ1n) is 6.26. The second-order valence-electron chi connectivity index (χ2n) is 4.74. The summed E-state index contributed by atoms with van der Waals surface area (Å²) >= 11 is 5.24. The Morgan fingerprint density at radius 3 is 2.37 bits per heavy atom. The molecule has 1 aromatic rings. The number of hydrogen-bond acceptors (Lipinski definition) is 2. The lowest BCUT2D eigenvalue weighted by Gasteiger charge is -2.20. The van der Waals surface area contributed by atoms with Crippen molar-refractivity contribution in [2.45, 2.75) is 19.8 Å². The molecule has 19 heavy (non-hydrogen) atoms. The Balaban J connectivity index is 2.59. The summed E-state index contributed by atoms with van der Waals surface area (Å²) < 4.78 is 0. The number of nitrogens with one attached hydrogen (secondary N) is 2. The maximum atomic E-state index is 11.3. The normalized spacial score (nSPS) is 10.2. The predicted molar refractivity (Wildman–Crippen MR) is 83.4 cm³/mol. The van der Waals surface area contributed by atoms with Gasteiger partial charge in [-0.05, 0) is 35.8 Å². The Labute approximate surface area is 120 Å². The summed E-state index contributed by atoms with van der Waals surface area (Å²) in [7, 11) is 3.39. The molecule has 104 valence electrons. The molecule has 5 heteroatoms. The van der Waals surface area contributed by atoms with E-state index < -0.39 is 0 Å². The van der Waals surface area contributed by atoms with Gasteiger partial charge in [0, 0.05) is 19.8 Å². The van der Waals surface area contributed by atoms with Gasteiger partial charge in [-0.2, -0.15) is 0 Å². The number of nitrogens with zero attached hydrogens (tertiary/aromatic N) is 1. The SMILES string of the molecule is CNC(=O)CN(C)C(=S)Nc1ccc(C(C)C)cc1. The van der Waals surface area contributed by atoms with Crippen molar-refractivity contribution in [2.75, 3.05) is 26.0 Å². The highest BCUT2D eigenvalue weighted by atomic mass is 32.1. The van der Waals surface area contributed by atoms with Crippen LogP contribution >= 0.6 is 12.2 Å². The third kappa shape index (κ3) is 4.87. The standard InChI is InChI=1S/C14H21N3OS/c1-10(2)11-5-7-12(8-6-11)16-14(19)17(4)9-13(18)15-3/h5-8,10H,9H2,1-4H3,(H,15,18)(H,16,19). The van der Waals surface area contributed by atoms with Gasteiger partial charge in [0.2, 0.25) is 5.91 Å². The van der Waals surface area contributed by atoms with E-state index in [4.69, 9.17) is 12.2 Å². The highest BCUT2D eigenvalue weighted by molar-refractivity contribution is 7.80. The van der Waals surface area contributed by atoms with Gasteiger partial charge in [0.1, 0.15) is 0 Å². The van der Waals surface area contributed by atoms with Gasteiger partial charge in [0.25, 0.3) is 0 Å². The molecule has 1 rings (SSSR count). The highest BCUT2D eigenvalue weighted by Crippen LogP contribution is 2.17. The highest BCUT2D eigenvalue weighted by Gasteiger charge is 2.08. The van der Waals surface area contributed by atoms with Gasteiger partial charge in [-0.25, -0.2) is 0 Å². The molecule has 1 amide bonds. The Morgan fingerprint density at radius 2 is 1.89 bits per heavy atom. The van der Waals surface area contributed by atoms with Gasteiger partial charge in [0.15, 0.2) is 5.11 Å². The number of rotatable bonds is 4. The topological polar surface area (TPSA) is 44.4 Å². The lowest BCUT2D eigenvalue weighted by molar-refractivity contribution is -0.120. The van der Waals surface area contributed by atoms with Crippen LogP contribution in [0.2, 0.25) is 0 Å². The minimum absolute atomic E-state index is 0.0678. The number of carbonyl (C=O) groups excluding carboxylic acids is 1. The van der Waals surface area contributed by atoms with E-state index in [1.165, 1.54) is 5.56 Å². The number of hydrogen-bond donors (Lipinski definition) is 2. The quantitative estimate of drug-likeness (QED) is 0.829. The van der Waals surface area contributed by atoms with E-state index in [1.54, 1.807) is 19.0 Å². The fourth-order valence-electron chi connectivity index (χ4n) is 1.54. The Kier molecular flexibility index (Phi) is 5.76. The van der Waals surface area contributed by atoms with Crippen LogP contribution < -0.4 is 10.6 Å². The molecule has 0 bridgehead atoms. The molecular formula is C14H21N3OS. The second-order valence-corrected chi connectivity index (χ2v) is 5.12. The number of amides is 1. The van der Waals surface area contributed by atoms with Crippen molar-refractivity contribution in [1.82, 2.24) is 10.2 Å². The van der Waals surface area contributed by atoms with Crippen molar-refractivity contribution in [3.8, 4) is 0 Å². The monoisotopic (exact) mass is 279 g/mol. The third-order valence-corrected chi connectivity index (χ3v) is 3.25. The zero-order chi connectivity index (χ0) is 14.4. The molecule has 0 radical (unpaired) electrons. The molecule has 0 saturated carbocycles. The van der Waals surface area contributed by atoms with Crippen LogP contribution in [0.15, 0.2) is 24.3 Å². The molecule has 0 unspecified atom stereocenters. The van der Waals surface area contributed by atoms with Crippen molar-refractivity contribution in [3.05, 3.63) is 29.8 Å². The summed E-state index contributed by atoms with van der Waals surface area (Å²) in [6.45, 7) is 4.56. The Morgan fingerprint density at radius 1 is 1.32 bits per heavy atom. The van der Waals surface area contributed by atoms with Crippen LogP contribution in [0.5, 0.6) is 0 Å². The smallest absolute Gasteiger partial charge is 0.239 e. The molecule has 0 aliphatic rings. The average Bonchev–Trinajstić information content (AvgIpc) is 2.38. The number of carbonyl (C=O) groups is 1. The Hall–Kier alpha value is -1.62. The molecule has 0 fully saturated rings. The molecule has 0 atom stereocenters. The van der Waals surface area contributed by atoms with Crippen molar-refractivity contribution >= 4 is 28.9 Å². The maximum absolute atomic E-state index is 11.3. The van der Waals surface area contributed by atoms with Gasteiger partial charge >= 0.3 is 0 Å². The molecule has 0 aliphatic carbocycles. The van der Waals surface area contributed by atoms with Crippen LogP contribution in [-0.4, -0.2) is 36.6 Å². The van der Waals surface area contributed by atoms with Gasteiger partial charge in [-0.15, -0.1) is 0 Å². The van der Waals surface area contributed by atoms with E-state index in [0.717, 1.165) is 5.69 Å². The van der Waals surface area contributed by atoms with E-state index in [0.29, 0.717) is 11.0 Å². The third-order valence-electron chi connectivity index (χ3n) is 2.83. The largest absolute Gasteiger partial charge is 0.358 e. The van der Waals surface area contributed by atoms with Gasteiger partial charge in [-0.3, -0.25) is 4.79 Å². The van der Waals surface area contributed by atoms with Crippen molar-refractivity contribution in [3.63, 3.8) is 0 Å². The summed E-state index contributed by atoms with van der Waals surface area (Å²) in [6, 6.07) is 8.15. The molecule has 0 aliphatic heterocycles. The number of thiocarbonyl (C=S) groups is 1. The summed E-state index contributed by atoms with van der Waals surface area (Å²) in [6.07, 6.45) is 0. The van der Waals surface area contributed by atoms with Crippen LogP contribution in [0.25, 0.3) is 0 Å². The number of anilines is 1. The second kappa shape index (κ2) is 7.09. The molecule has 0 aromatic heterocycles. The molecule has 4 nitrogen and oxygen atoms in total. The minimum Gasteiger partial charge on any atom is -0.358 e. The zero-order valence-electron chi connectivity index (χ0n) is 11.9. The van der Waals surface area contributed by atoms with Crippen molar-refractivity contribution in [1.29, 1.82) is 0 Å². The van der Waals surface area contributed by atoms with Crippen LogP contribution in [0.3, 0.4) is 0 Å². The van der Waals surface area contributed by atoms with E-state index in [-0.39, 0.29) is 12.5 Å². The predicted octanol–water partition coefficient (Wildman–Crippen LogP) is 2.18. The van der Waals surface area contributed by atoms with Gasteiger partial charge in [-0.1, -0.05) is 26.0 Å². The van der Waals surface area contributed by atoms with Crippen molar-refractivity contribution < 1.29 is 4.79 Å². The lowest BCUT2D eigenvalue weighted by Crippen LogP contribution is -2.39. The molecular weight excluding hydrogens is 258 g/mol. The van der Waals surface area contributed by atoms with Gasteiger partial charge in [0.05, 0.1) is 6.54 Å². The molecule has 0 saturated heterocycles. The molecule has 0 heterocycles. The minimum atomic E-state index is -0.0678. The Bertz CT molecular complexity index is 443. The molecule has 1 aromatic carbocycles. The lowest BCUT2D eigenvalue weighted by atomic mass is 10.0. The number of likely N-dealkylation sites (N-methyl/N-ethyl adjacent to an activating group) is 2. The molecule has 2 N–H and O–H groups in total. The van der Waals surface area contributed by atoms with Crippen molar-refractivity contribution in [2.24, 2.45) is 0 Å². The van der Waals surface area contributed by atoms with Crippen LogP contribution in [-0.2, 0) is 4.79 Å². The first-order chi connectivity index (χ1) is 8.93. The van der Waals surface area contributed by atoms with E-state index in [2.05, 4.69) is 36.6 Å². The van der Waals surface area contributed by atoms with E-state index in [1.807, 2.05) is 12.1 Å². The fraction of sp³-hybridized carbons (Fsp3) is 0.429. The van der Waals surface area contributed by atoms with Crippen LogP contribution in [0.4, 0.5) is 5.69 Å². The van der Waals surface area contributed by atoms with E-state index >= 15 is 0 Å². The summed E-state index contributed by atoms with van der Waals surface area (Å²) in [5.41, 5.74) is 2.22. The maximum Gasteiger partial charge on any atom is 0.239 e. The zero-order valence-corrected chi connectivity index (χ0v) is 12.7. The summed E-state index contributed by atoms with van der Waals surface area (Å²) in [5.74, 6) is 0.443. The number of benzene rings is 1. The van der Waals surface area contributed by atoms with Crippen LogP contribution in [0.1, 0.15) is 25.3 Å². The first kappa shape index (κ1) is 15.4.